The molecule has 0 aliphatic rings. The Morgan fingerprint density at radius 3 is 2.69 bits per heavy atom. The van der Waals surface area contributed by atoms with Gasteiger partial charge in [-0.25, -0.2) is 0 Å². The molecule has 0 unspecified atom stereocenters. The molecule has 0 bridgehead atoms. The van der Waals surface area contributed by atoms with E-state index in [-0.39, 0.29) is 23.4 Å². The van der Waals surface area contributed by atoms with Gasteiger partial charge >= 0.3 is 6.18 Å². The Morgan fingerprint density at radius 1 is 1.44 bits per heavy atom. The summed E-state index contributed by atoms with van der Waals surface area (Å²) in [6, 6.07) is 1.40. The fourth-order valence-electron chi connectivity index (χ4n) is 1.19. The van der Waals surface area contributed by atoms with E-state index in [9.17, 15) is 18.0 Å². The van der Waals surface area contributed by atoms with E-state index in [2.05, 4.69) is 4.98 Å². The number of hydrogen-bond acceptors (Lipinski definition) is 2. The fraction of sp³-hybridized carbons (Fsp3) is 0.400. The average molecular weight is 252 g/mol. The molecule has 6 heteroatoms. The molecule has 0 atom stereocenters. The maximum Gasteiger partial charge on any atom is 0.389 e. The van der Waals surface area contributed by atoms with Gasteiger partial charge in [-0.1, -0.05) is 11.6 Å². The van der Waals surface area contributed by atoms with Gasteiger partial charge in [0.25, 0.3) is 0 Å². The van der Waals surface area contributed by atoms with Crippen molar-refractivity contribution in [2.24, 2.45) is 0 Å². The fourth-order valence-corrected chi connectivity index (χ4v) is 1.41. The van der Waals surface area contributed by atoms with Gasteiger partial charge in [-0.2, -0.15) is 13.2 Å². The second kappa shape index (κ2) is 5.30. The van der Waals surface area contributed by atoms with Crippen molar-refractivity contribution in [3.05, 3.63) is 29.0 Å². The summed E-state index contributed by atoms with van der Waals surface area (Å²) in [5.41, 5.74) is 0.221. The molecule has 0 aromatic carbocycles. The van der Waals surface area contributed by atoms with Crippen LogP contribution in [-0.2, 0) is 0 Å². The number of carbonyl (C=O) groups excluding carboxylic acids is 1. The monoisotopic (exact) mass is 251 g/mol. The van der Waals surface area contributed by atoms with E-state index in [0.717, 1.165) is 0 Å². The molecule has 1 rings (SSSR count). The normalized spacial score (nSPS) is 11.5. The van der Waals surface area contributed by atoms with Crippen LogP contribution in [-0.4, -0.2) is 16.9 Å². The first kappa shape index (κ1) is 13.0. The molecule has 0 N–H and O–H groups in total. The van der Waals surface area contributed by atoms with E-state index in [4.69, 9.17) is 11.6 Å². The highest BCUT2D eigenvalue weighted by Gasteiger charge is 2.26. The summed E-state index contributed by atoms with van der Waals surface area (Å²) in [4.78, 5) is 15.2. The third kappa shape index (κ3) is 4.18. The Kier molecular flexibility index (Phi) is 4.29. The van der Waals surface area contributed by atoms with Crippen LogP contribution in [0.15, 0.2) is 18.5 Å². The van der Waals surface area contributed by atoms with Gasteiger partial charge in [0.05, 0.1) is 5.02 Å². The molecule has 16 heavy (non-hydrogen) atoms. The lowest BCUT2D eigenvalue weighted by Gasteiger charge is -2.05. The maximum absolute atomic E-state index is 11.8. The van der Waals surface area contributed by atoms with Crippen molar-refractivity contribution in [2.75, 3.05) is 0 Å². The maximum atomic E-state index is 11.8. The lowest BCUT2D eigenvalue weighted by molar-refractivity contribution is -0.135. The van der Waals surface area contributed by atoms with Crippen LogP contribution in [0, 0.1) is 0 Å². The largest absolute Gasteiger partial charge is 0.389 e. The highest BCUT2D eigenvalue weighted by atomic mass is 35.5. The first-order valence-corrected chi connectivity index (χ1v) is 4.97. The number of carbonyl (C=O) groups is 1. The molecule has 0 aliphatic heterocycles. The number of aromatic nitrogens is 1. The predicted octanol–water partition coefficient (Wildman–Crippen LogP) is 3.65. The summed E-state index contributed by atoms with van der Waals surface area (Å²) in [6.45, 7) is 0. The Balaban J connectivity index is 2.51. The number of hydrogen-bond donors (Lipinski definition) is 0. The zero-order chi connectivity index (χ0) is 12.2. The summed E-state index contributed by atoms with van der Waals surface area (Å²) in [6.07, 6.45) is -2.89. The summed E-state index contributed by atoms with van der Waals surface area (Å²) >= 11 is 5.68. The second-order valence-corrected chi connectivity index (χ2v) is 3.65. The second-order valence-electron chi connectivity index (χ2n) is 3.25. The minimum Gasteiger partial charge on any atom is -0.294 e. The van der Waals surface area contributed by atoms with Gasteiger partial charge < -0.3 is 0 Å². The molecule has 0 radical (unpaired) electrons. The van der Waals surface area contributed by atoms with Crippen LogP contribution in [0.25, 0.3) is 0 Å². The van der Waals surface area contributed by atoms with Gasteiger partial charge in [-0.05, 0) is 12.5 Å². The number of Topliss-reactive ketones (excluding diaryl/α,β-unsaturated/α-hetero) is 1. The molecule has 1 heterocycles. The van der Waals surface area contributed by atoms with Crippen molar-refractivity contribution in [3.63, 3.8) is 0 Å². The molecule has 0 saturated heterocycles. The number of ketones is 1. The van der Waals surface area contributed by atoms with Gasteiger partial charge in [0.15, 0.2) is 5.78 Å². The molecule has 0 amide bonds. The molecular formula is C10H9ClF3NO. The average Bonchev–Trinajstić information content (AvgIpc) is 2.16. The lowest BCUT2D eigenvalue weighted by atomic mass is 10.1. The third-order valence-corrected chi connectivity index (χ3v) is 2.24. The van der Waals surface area contributed by atoms with Crippen LogP contribution < -0.4 is 0 Å². The smallest absolute Gasteiger partial charge is 0.294 e. The van der Waals surface area contributed by atoms with Crippen LogP contribution in [0.4, 0.5) is 13.2 Å². The molecule has 0 aliphatic carbocycles. The van der Waals surface area contributed by atoms with Crippen molar-refractivity contribution >= 4 is 17.4 Å². The SMILES string of the molecule is O=C(CCCC(F)(F)F)c1ccncc1Cl. The van der Waals surface area contributed by atoms with Crippen LogP contribution in [0.3, 0.4) is 0 Å². The third-order valence-electron chi connectivity index (χ3n) is 1.94. The van der Waals surface area contributed by atoms with Gasteiger partial charge in [-0.3, -0.25) is 9.78 Å². The topological polar surface area (TPSA) is 30.0 Å². The predicted molar refractivity (Wildman–Crippen MR) is 53.5 cm³/mol. The molecule has 2 nitrogen and oxygen atoms in total. The van der Waals surface area contributed by atoms with Crippen molar-refractivity contribution in [1.82, 2.24) is 4.98 Å². The number of pyridine rings is 1. The molecule has 0 saturated carbocycles. The molecule has 1 aromatic heterocycles. The standard InChI is InChI=1S/C10H9ClF3NO/c11-8-6-15-5-3-7(8)9(16)2-1-4-10(12,13)14/h3,5-6H,1-2,4H2. The minimum absolute atomic E-state index is 0.163. The molecule has 0 spiro atoms. The van der Waals surface area contributed by atoms with Crippen molar-refractivity contribution < 1.29 is 18.0 Å². The highest BCUT2D eigenvalue weighted by Crippen LogP contribution is 2.23. The van der Waals surface area contributed by atoms with Crippen LogP contribution >= 0.6 is 11.6 Å². The number of alkyl halides is 3. The Morgan fingerprint density at radius 2 is 2.12 bits per heavy atom. The van der Waals surface area contributed by atoms with E-state index < -0.39 is 18.4 Å². The van der Waals surface area contributed by atoms with Gasteiger partial charge in [0.2, 0.25) is 0 Å². The number of halogens is 4. The van der Waals surface area contributed by atoms with Crippen LogP contribution in [0.2, 0.25) is 5.02 Å². The zero-order valence-corrected chi connectivity index (χ0v) is 8.98. The van der Waals surface area contributed by atoms with E-state index in [1.165, 1.54) is 18.5 Å². The Hall–Kier alpha value is -1.10. The van der Waals surface area contributed by atoms with Gasteiger partial charge in [-0.15, -0.1) is 0 Å². The first-order chi connectivity index (χ1) is 7.40. The number of rotatable bonds is 4. The molecular weight excluding hydrogens is 243 g/mol. The van der Waals surface area contributed by atoms with E-state index >= 15 is 0 Å². The zero-order valence-electron chi connectivity index (χ0n) is 8.22. The highest BCUT2D eigenvalue weighted by molar-refractivity contribution is 6.33. The van der Waals surface area contributed by atoms with Crippen molar-refractivity contribution in [3.8, 4) is 0 Å². The first-order valence-electron chi connectivity index (χ1n) is 4.59. The quantitative estimate of drug-likeness (QED) is 0.765. The summed E-state index contributed by atoms with van der Waals surface area (Å²) in [5.74, 6) is -0.392. The van der Waals surface area contributed by atoms with Crippen molar-refractivity contribution in [2.45, 2.75) is 25.4 Å². The summed E-state index contributed by atoms with van der Waals surface area (Å²) in [7, 11) is 0. The molecule has 88 valence electrons. The lowest BCUT2D eigenvalue weighted by Crippen LogP contribution is -2.08. The number of nitrogens with zero attached hydrogens (tertiary/aromatic N) is 1. The van der Waals surface area contributed by atoms with Crippen LogP contribution in [0.5, 0.6) is 0 Å². The molecule has 0 fully saturated rings. The summed E-state index contributed by atoms with van der Waals surface area (Å²) < 4.78 is 35.5. The minimum atomic E-state index is -4.22. The van der Waals surface area contributed by atoms with E-state index in [1.54, 1.807) is 0 Å². The summed E-state index contributed by atoms with van der Waals surface area (Å²) in [5, 5.41) is 0.166. The van der Waals surface area contributed by atoms with Crippen molar-refractivity contribution in [1.29, 1.82) is 0 Å². The van der Waals surface area contributed by atoms with E-state index in [1.807, 2.05) is 0 Å². The van der Waals surface area contributed by atoms with E-state index in [0.29, 0.717) is 0 Å². The Bertz CT molecular complexity index is 379. The van der Waals surface area contributed by atoms with Gasteiger partial charge in [0.1, 0.15) is 0 Å². The molecule has 1 aromatic rings. The van der Waals surface area contributed by atoms with Gasteiger partial charge in [0, 0.05) is 30.8 Å². The Labute approximate surface area is 95.4 Å². The van der Waals surface area contributed by atoms with Crippen LogP contribution in [0.1, 0.15) is 29.6 Å².